The molecule has 4 heterocycles. The smallest absolute Gasteiger partial charge is 0.481 e. The summed E-state index contributed by atoms with van der Waals surface area (Å²) in [5, 5.41) is 11.1. The third kappa shape index (κ3) is 9.97. The number of alkyl halides is 3. The molecule has 1 aromatic heterocycles. The Balaban J connectivity index is 0.00000641. The molecule has 334 valence electrons. The maximum atomic E-state index is 14.7. The number of H-pyrrole nitrogens is 1. The van der Waals surface area contributed by atoms with E-state index in [1.54, 1.807) is 16.7 Å². The van der Waals surface area contributed by atoms with Gasteiger partial charge in [0.25, 0.3) is 11.5 Å². The van der Waals surface area contributed by atoms with Gasteiger partial charge in [-0.1, -0.05) is 19.9 Å². The first kappa shape index (κ1) is 47.7. The quantitative estimate of drug-likeness (QED) is 0.166. The largest absolute Gasteiger partial charge is 2.00 e. The molecule has 4 amide bonds. The molecule has 2 aromatic rings. The maximum absolute atomic E-state index is 14.7. The second-order valence-electron chi connectivity index (χ2n) is 18.6. The van der Waals surface area contributed by atoms with Crippen LogP contribution in [-0.4, -0.2) is 119 Å². The molecule has 18 heteroatoms. The molecule has 2 saturated carbocycles. The Bertz CT molecular complexity index is 2070. The van der Waals surface area contributed by atoms with Crippen molar-refractivity contribution in [3.63, 3.8) is 0 Å². The van der Waals surface area contributed by atoms with Gasteiger partial charge in [0.05, 0.1) is 30.9 Å². The standard InChI is InChI=1S/C44H56F3N7O7.U/c1-26(61-25-42(4)13-7-6-8-14-42)35(40(59)52-15-11-27(12-16-52)28-9-10-30(44(45,46)47)29(17-28)36(48)60-5)51-37(56)32-21-53(39(58)33-19-50-34(55)20-49-33)22-43(32)23-54(24-43)38(57)31-18-41(31,2)3;/h6,9-10,17,19-20,26-27,31-32,35,48H,4,7-8,11-16,18,21-25H2,1-3,5H3,(H,50,55)(H,51,56);/q-2;+2/t26-,31-,32+,35+;/m1./s1. The molecule has 0 unspecified atom stereocenters. The van der Waals surface area contributed by atoms with Crippen molar-refractivity contribution in [2.75, 3.05) is 53.0 Å². The number of halogens is 3. The Kier molecular flexibility index (Phi) is 14.2. The first-order valence-electron chi connectivity index (χ1n) is 21.1. The van der Waals surface area contributed by atoms with E-state index < -0.39 is 58.5 Å². The van der Waals surface area contributed by atoms with Crippen LogP contribution >= 0.6 is 0 Å². The topological polar surface area (TPSA) is 178 Å². The Labute approximate surface area is 383 Å². The number of hydrogen-bond donors (Lipinski definition) is 3. The summed E-state index contributed by atoms with van der Waals surface area (Å²) in [7, 11) is 1.15. The van der Waals surface area contributed by atoms with Crippen LogP contribution in [0, 0.1) is 77.9 Å². The van der Waals surface area contributed by atoms with E-state index in [0.29, 0.717) is 18.4 Å². The van der Waals surface area contributed by atoms with Crippen LogP contribution in [0.5, 0.6) is 0 Å². The van der Waals surface area contributed by atoms with Crippen LogP contribution in [0.15, 0.2) is 35.4 Å². The number of nitrogens with one attached hydrogen (secondary N) is 3. The summed E-state index contributed by atoms with van der Waals surface area (Å²) in [5.74, 6) is -2.98. The van der Waals surface area contributed by atoms with Crippen molar-refractivity contribution in [2.45, 2.75) is 90.0 Å². The van der Waals surface area contributed by atoms with E-state index in [2.05, 4.69) is 28.6 Å². The SMILES string of the molecule is [CH2-]C1(CO[C@H](C)[C@H](NC(=O)[C@@H]2CN(C(=O)c3c[nH]c(=O)cn3)CC23CN(C(=O)[C@H]2CC2(C)C)C3)C(=O)N2CCC(c3ccc(C(F)(F)F)c(C(=N)OC)c3)CC2)CC[CH-]CC1.[U+2]. The Morgan fingerprint density at radius 3 is 2.29 bits per heavy atom. The predicted molar refractivity (Wildman–Crippen MR) is 217 cm³/mol. The number of methoxy groups -OCH3 is 1. The number of benzene rings is 1. The van der Waals surface area contributed by atoms with E-state index >= 15 is 0 Å². The van der Waals surface area contributed by atoms with Crippen molar-refractivity contribution in [3.8, 4) is 0 Å². The second kappa shape index (κ2) is 18.4. The zero-order valence-electron chi connectivity index (χ0n) is 35.7. The number of amides is 4. The minimum Gasteiger partial charge on any atom is -0.481 e. The molecule has 5 aliphatic rings. The fraction of sp³-hybridized carbons (Fsp3) is 0.614. The number of piperidine rings is 1. The van der Waals surface area contributed by atoms with E-state index in [4.69, 9.17) is 14.9 Å². The van der Waals surface area contributed by atoms with Crippen LogP contribution in [0.25, 0.3) is 0 Å². The van der Waals surface area contributed by atoms with Crippen LogP contribution in [0.1, 0.15) is 98.8 Å². The normalized spacial score (nSPS) is 23.7. The summed E-state index contributed by atoms with van der Waals surface area (Å²) in [6, 6.07) is 2.58. The van der Waals surface area contributed by atoms with Gasteiger partial charge >= 0.3 is 37.3 Å². The van der Waals surface area contributed by atoms with Gasteiger partial charge in [-0.2, -0.15) is 26.0 Å². The van der Waals surface area contributed by atoms with Crippen molar-refractivity contribution in [3.05, 3.63) is 76.7 Å². The van der Waals surface area contributed by atoms with E-state index in [9.17, 15) is 37.1 Å². The molecule has 3 N–H and O–H groups in total. The monoisotopic (exact) mass is 1090 g/mol. The van der Waals surface area contributed by atoms with Crippen molar-refractivity contribution in [1.82, 2.24) is 30.0 Å². The van der Waals surface area contributed by atoms with Gasteiger partial charge in [-0.15, -0.1) is 18.3 Å². The Morgan fingerprint density at radius 2 is 1.71 bits per heavy atom. The van der Waals surface area contributed by atoms with Gasteiger partial charge in [-0.25, -0.2) is 4.98 Å². The Hall–Kier alpha value is -3.75. The predicted octanol–water partition coefficient (Wildman–Crippen LogP) is 4.60. The van der Waals surface area contributed by atoms with E-state index in [1.165, 1.54) is 23.2 Å². The molecule has 7 rings (SSSR count). The number of carbonyl (C=O) groups is 4. The second-order valence-corrected chi connectivity index (χ2v) is 18.6. The van der Waals surface area contributed by atoms with Crippen LogP contribution in [0.4, 0.5) is 13.2 Å². The maximum Gasteiger partial charge on any atom is 2.00 e. The molecule has 2 aliphatic carbocycles. The van der Waals surface area contributed by atoms with Gasteiger partial charge in [-0.3, -0.25) is 29.4 Å². The molecule has 3 saturated heterocycles. The summed E-state index contributed by atoms with van der Waals surface area (Å²) < 4.78 is 52.6. The Morgan fingerprint density at radius 1 is 1.06 bits per heavy atom. The van der Waals surface area contributed by atoms with Gasteiger partial charge in [-0.05, 0) is 55.2 Å². The molecule has 0 radical (unpaired) electrons. The van der Waals surface area contributed by atoms with Gasteiger partial charge < -0.3 is 47.8 Å². The number of carbonyl (C=O) groups excluding carboxylic acids is 4. The minimum atomic E-state index is -4.68. The first-order chi connectivity index (χ1) is 28.7. The summed E-state index contributed by atoms with van der Waals surface area (Å²) in [6.07, 6.45) is 4.06. The van der Waals surface area contributed by atoms with Crippen molar-refractivity contribution in [1.29, 1.82) is 5.41 Å². The molecule has 1 aromatic carbocycles. The first-order valence-corrected chi connectivity index (χ1v) is 21.1. The number of aromatic nitrogens is 2. The van der Waals surface area contributed by atoms with Gasteiger partial charge in [0.2, 0.25) is 23.6 Å². The summed E-state index contributed by atoms with van der Waals surface area (Å²) in [5.41, 5.74) is -2.42. The molecule has 4 atom stereocenters. The number of hydrogen-bond acceptors (Lipinski definition) is 9. The van der Waals surface area contributed by atoms with E-state index in [0.717, 1.165) is 51.5 Å². The minimum absolute atomic E-state index is 0. The van der Waals surface area contributed by atoms with Crippen LogP contribution in [0.3, 0.4) is 0 Å². The molecule has 3 aliphatic heterocycles. The summed E-state index contributed by atoms with van der Waals surface area (Å²) in [4.78, 5) is 79.5. The van der Waals surface area contributed by atoms with Crippen LogP contribution < -0.4 is 10.9 Å². The summed E-state index contributed by atoms with van der Waals surface area (Å²) >= 11 is 0. The van der Waals surface area contributed by atoms with Crippen molar-refractivity contribution in [2.24, 2.45) is 28.1 Å². The molecule has 5 fully saturated rings. The number of nitrogens with zero attached hydrogens (tertiary/aromatic N) is 4. The molecular weight excluding hydrogens is 1030 g/mol. The fourth-order valence-corrected chi connectivity index (χ4v) is 9.66. The van der Waals surface area contributed by atoms with E-state index in [-0.39, 0.29) is 123 Å². The van der Waals surface area contributed by atoms with Gasteiger partial charge in [0.15, 0.2) is 0 Å². The average molecular weight is 1090 g/mol. The molecule has 1 spiro atoms. The van der Waals surface area contributed by atoms with Gasteiger partial charge in [0.1, 0.15) is 11.7 Å². The average Bonchev–Trinajstić information content (AvgIpc) is 3.67. The number of ether oxygens (including phenoxy) is 2. The van der Waals surface area contributed by atoms with Crippen molar-refractivity contribution < 1.29 is 72.9 Å². The fourth-order valence-electron chi connectivity index (χ4n) is 9.66. The molecule has 14 nitrogen and oxygen atoms in total. The number of rotatable bonds is 11. The third-order valence-corrected chi connectivity index (χ3v) is 13.8. The van der Waals surface area contributed by atoms with Crippen molar-refractivity contribution >= 4 is 29.5 Å². The zero-order chi connectivity index (χ0) is 44.1. The summed E-state index contributed by atoms with van der Waals surface area (Å²) in [6.45, 7) is 11.7. The number of likely N-dealkylation sites (tertiary alicyclic amines) is 3. The van der Waals surface area contributed by atoms with Crippen LogP contribution in [0.2, 0.25) is 0 Å². The van der Waals surface area contributed by atoms with Crippen LogP contribution in [-0.2, 0) is 30.0 Å². The van der Waals surface area contributed by atoms with E-state index in [1.807, 2.05) is 13.8 Å². The van der Waals surface area contributed by atoms with Gasteiger partial charge in [0, 0.05) is 69.0 Å². The molecule has 62 heavy (non-hydrogen) atoms. The molecule has 0 bridgehead atoms. The third-order valence-electron chi connectivity index (χ3n) is 13.8. The molecular formula is C44H56F3N7O7U. The zero-order valence-corrected chi connectivity index (χ0v) is 39.9. The number of aromatic amines is 1.